The van der Waals surface area contributed by atoms with Gasteiger partial charge in [-0.2, -0.15) is 0 Å². The van der Waals surface area contributed by atoms with Crippen LogP contribution in [0.4, 0.5) is 5.69 Å². The molecule has 30 heavy (non-hydrogen) atoms. The van der Waals surface area contributed by atoms with Crippen molar-refractivity contribution in [1.82, 2.24) is 0 Å². The summed E-state index contributed by atoms with van der Waals surface area (Å²) in [4.78, 5) is 14.0. The minimum Gasteiger partial charge on any atom is -0.497 e. The summed E-state index contributed by atoms with van der Waals surface area (Å²) in [6, 6.07) is 19.7. The molecule has 0 spiro atoms. The normalized spacial score (nSPS) is 11.2. The Labute approximate surface area is 185 Å². The number of benzene rings is 3. The fourth-order valence-corrected chi connectivity index (χ4v) is 5.06. The Kier molecular flexibility index (Phi) is 7.07. The molecule has 0 atom stereocenters. The first-order valence-corrected chi connectivity index (χ1v) is 11.8. The summed E-state index contributed by atoms with van der Waals surface area (Å²) in [5.74, 6) is -0.0474. The number of sulfonamides is 1. The van der Waals surface area contributed by atoms with Crippen LogP contribution >= 0.6 is 23.4 Å². The average Bonchev–Trinajstić information content (AvgIpc) is 2.74. The molecule has 0 aliphatic heterocycles. The van der Waals surface area contributed by atoms with Crippen molar-refractivity contribution >= 4 is 45.0 Å². The Morgan fingerprint density at radius 3 is 2.13 bits per heavy atom. The van der Waals surface area contributed by atoms with Gasteiger partial charge in [0.1, 0.15) is 5.75 Å². The number of carbonyl (C=O) groups is 1. The molecule has 0 aliphatic carbocycles. The van der Waals surface area contributed by atoms with E-state index >= 15 is 0 Å². The molecular formula is C22H20ClNO4S2. The first kappa shape index (κ1) is 22.2. The molecule has 0 aromatic heterocycles. The SMILES string of the molecule is COc1ccc(N(C(=O)CSc2ccc(Cl)cc2)S(=O)(=O)c2ccc(C)cc2)cc1. The van der Waals surface area contributed by atoms with E-state index in [1.807, 2.05) is 6.92 Å². The molecule has 156 valence electrons. The standard InChI is InChI=1S/C22H20ClNO4S2/c1-16-3-13-21(14-4-16)30(26,27)24(18-7-9-19(28-2)10-8-18)22(25)15-29-20-11-5-17(23)6-12-20/h3-14H,15H2,1-2H3. The number of hydrogen-bond donors (Lipinski definition) is 0. The molecule has 0 fully saturated rings. The molecule has 1 amide bonds. The third-order valence-electron chi connectivity index (χ3n) is 4.27. The van der Waals surface area contributed by atoms with E-state index in [9.17, 15) is 13.2 Å². The van der Waals surface area contributed by atoms with Gasteiger partial charge >= 0.3 is 0 Å². The van der Waals surface area contributed by atoms with Crippen LogP contribution in [0, 0.1) is 6.92 Å². The van der Waals surface area contributed by atoms with Gasteiger partial charge in [0.25, 0.3) is 15.9 Å². The zero-order chi connectivity index (χ0) is 21.7. The van der Waals surface area contributed by atoms with Crippen molar-refractivity contribution in [2.75, 3.05) is 17.2 Å². The van der Waals surface area contributed by atoms with Crippen LogP contribution in [-0.2, 0) is 14.8 Å². The van der Waals surface area contributed by atoms with Crippen LogP contribution in [0.15, 0.2) is 82.6 Å². The summed E-state index contributed by atoms with van der Waals surface area (Å²) >= 11 is 7.14. The number of halogens is 1. The lowest BCUT2D eigenvalue weighted by molar-refractivity contribution is -0.115. The molecule has 0 heterocycles. The third kappa shape index (κ3) is 5.16. The lowest BCUT2D eigenvalue weighted by Crippen LogP contribution is -2.38. The fourth-order valence-electron chi connectivity index (χ4n) is 2.68. The molecule has 0 saturated carbocycles. The summed E-state index contributed by atoms with van der Waals surface area (Å²) in [6.45, 7) is 1.87. The van der Waals surface area contributed by atoms with E-state index < -0.39 is 15.9 Å². The zero-order valence-corrected chi connectivity index (χ0v) is 18.8. The molecule has 3 rings (SSSR count). The van der Waals surface area contributed by atoms with E-state index in [0.29, 0.717) is 10.8 Å². The number of methoxy groups -OCH3 is 1. The molecular weight excluding hydrogens is 442 g/mol. The Morgan fingerprint density at radius 1 is 0.967 bits per heavy atom. The predicted molar refractivity (Wildman–Crippen MR) is 121 cm³/mol. The van der Waals surface area contributed by atoms with E-state index in [1.165, 1.54) is 31.0 Å². The molecule has 0 aliphatic rings. The zero-order valence-electron chi connectivity index (χ0n) is 16.4. The van der Waals surface area contributed by atoms with Gasteiger partial charge in [0.2, 0.25) is 0 Å². The highest BCUT2D eigenvalue weighted by Gasteiger charge is 2.31. The maximum atomic E-state index is 13.3. The van der Waals surface area contributed by atoms with Gasteiger partial charge in [0.05, 0.1) is 23.4 Å². The van der Waals surface area contributed by atoms with E-state index in [1.54, 1.807) is 60.7 Å². The maximum Gasteiger partial charge on any atom is 0.270 e. The second-order valence-corrected chi connectivity index (χ2v) is 9.69. The van der Waals surface area contributed by atoms with Gasteiger partial charge in [0.15, 0.2) is 0 Å². The lowest BCUT2D eigenvalue weighted by Gasteiger charge is -2.23. The second-order valence-electron chi connectivity index (χ2n) is 6.42. The second kappa shape index (κ2) is 9.55. The number of rotatable bonds is 7. The molecule has 5 nitrogen and oxygen atoms in total. The van der Waals surface area contributed by atoms with Crippen molar-refractivity contribution in [3.8, 4) is 5.75 Å². The monoisotopic (exact) mass is 461 g/mol. The van der Waals surface area contributed by atoms with Gasteiger partial charge in [-0.25, -0.2) is 12.7 Å². The topological polar surface area (TPSA) is 63.7 Å². The van der Waals surface area contributed by atoms with Crippen molar-refractivity contribution in [2.45, 2.75) is 16.7 Å². The number of nitrogens with zero attached hydrogens (tertiary/aromatic N) is 1. The predicted octanol–water partition coefficient (Wildman–Crippen LogP) is 5.17. The average molecular weight is 462 g/mol. The van der Waals surface area contributed by atoms with Crippen molar-refractivity contribution < 1.29 is 17.9 Å². The molecule has 0 N–H and O–H groups in total. The third-order valence-corrected chi connectivity index (χ3v) is 7.28. The summed E-state index contributed by atoms with van der Waals surface area (Å²) in [7, 11) is -2.57. The van der Waals surface area contributed by atoms with Crippen LogP contribution in [0.2, 0.25) is 5.02 Å². The van der Waals surface area contributed by atoms with E-state index in [-0.39, 0.29) is 16.3 Å². The van der Waals surface area contributed by atoms with Gasteiger partial charge in [-0.3, -0.25) is 4.79 Å². The number of anilines is 1. The maximum absolute atomic E-state index is 13.3. The van der Waals surface area contributed by atoms with Crippen molar-refractivity contribution in [3.63, 3.8) is 0 Å². The van der Waals surface area contributed by atoms with Gasteiger partial charge in [-0.05, 0) is 67.6 Å². The smallest absolute Gasteiger partial charge is 0.270 e. The summed E-state index contributed by atoms with van der Waals surface area (Å²) < 4.78 is 32.7. The van der Waals surface area contributed by atoms with E-state index in [0.717, 1.165) is 14.8 Å². The molecule has 0 unspecified atom stereocenters. The van der Waals surface area contributed by atoms with Crippen LogP contribution in [0.25, 0.3) is 0 Å². The van der Waals surface area contributed by atoms with Crippen LogP contribution in [0.5, 0.6) is 5.75 Å². The Hall–Kier alpha value is -2.48. The number of ether oxygens (including phenoxy) is 1. The van der Waals surface area contributed by atoms with Gasteiger partial charge in [-0.15, -0.1) is 11.8 Å². The molecule has 3 aromatic carbocycles. The quantitative estimate of drug-likeness (QED) is 0.454. The lowest BCUT2D eigenvalue weighted by atomic mass is 10.2. The van der Waals surface area contributed by atoms with Crippen LogP contribution in [0.3, 0.4) is 0 Å². The number of aryl methyl sites for hydroxylation is 1. The molecule has 3 aromatic rings. The highest BCUT2D eigenvalue weighted by Crippen LogP contribution is 2.28. The minimum atomic E-state index is -4.09. The first-order valence-electron chi connectivity index (χ1n) is 8.98. The molecule has 0 saturated heterocycles. The Morgan fingerprint density at radius 2 is 1.57 bits per heavy atom. The van der Waals surface area contributed by atoms with Crippen LogP contribution in [-0.4, -0.2) is 27.2 Å². The fraction of sp³-hybridized carbons (Fsp3) is 0.136. The van der Waals surface area contributed by atoms with E-state index in [2.05, 4.69) is 0 Å². The van der Waals surface area contributed by atoms with Crippen LogP contribution < -0.4 is 9.04 Å². The van der Waals surface area contributed by atoms with Crippen molar-refractivity contribution in [3.05, 3.63) is 83.4 Å². The summed E-state index contributed by atoms with van der Waals surface area (Å²) in [5, 5.41) is 0.590. The van der Waals surface area contributed by atoms with Gasteiger partial charge < -0.3 is 4.74 Å². The van der Waals surface area contributed by atoms with E-state index in [4.69, 9.17) is 16.3 Å². The molecule has 0 radical (unpaired) electrons. The molecule has 0 bridgehead atoms. The Bertz CT molecular complexity index is 1110. The summed E-state index contributed by atoms with van der Waals surface area (Å²) in [5.41, 5.74) is 1.17. The number of hydrogen-bond acceptors (Lipinski definition) is 5. The van der Waals surface area contributed by atoms with Gasteiger partial charge in [-0.1, -0.05) is 29.3 Å². The van der Waals surface area contributed by atoms with Gasteiger partial charge in [0, 0.05) is 9.92 Å². The first-order chi connectivity index (χ1) is 14.3. The Balaban J connectivity index is 1.94. The number of thioether (sulfide) groups is 1. The van der Waals surface area contributed by atoms with Crippen LogP contribution in [0.1, 0.15) is 5.56 Å². The minimum absolute atomic E-state index is 0.0498. The summed E-state index contributed by atoms with van der Waals surface area (Å²) in [6.07, 6.45) is 0. The molecule has 8 heteroatoms. The van der Waals surface area contributed by atoms with Crippen molar-refractivity contribution in [1.29, 1.82) is 0 Å². The van der Waals surface area contributed by atoms with Crippen molar-refractivity contribution in [2.24, 2.45) is 0 Å². The largest absolute Gasteiger partial charge is 0.497 e. The highest BCUT2D eigenvalue weighted by atomic mass is 35.5. The number of amides is 1. The number of carbonyl (C=O) groups excluding carboxylic acids is 1. The highest BCUT2D eigenvalue weighted by molar-refractivity contribution is 8.00.